The third-order valence-electron chi connectivity index (χ3n) is 5.28. The average molecular weight is 658 g/mol. The average Bonchev–Trinajstić information content (AvgIpc) is 3.35. The Morgan fingerprint density at radius 1 is 0.700 bits per heavy atom. The van der Waals surface area contributed by atoms with Crippen molar-refractivity contribution in [1.29, 1.82) is 10.5 Å². The summed E-state index contributed by atoms with van der Waals surface area (Å²) >= 11 is 24.7. The molecule has 10 nitrogen and oxygen atoms in total. The van der Waals surface area contributed by atoms with Gasteiger partial charge in [-0.25, -0.2) is 9.36 Å². The van der Waals surface area contributed by atoms with Crippen LogP contribution >= 0.6 is 46.4 Å². The molecule has 0 saturated heterocycles. The number of hydrogen-bond donors (Lipinski definition) is 2. The molecule has 0 bridgehead atoms. The van der Waals surface area contributed by atoms with Crippen LogP contribution in [0.2, 0.25) is 20.1 Å². The van der Waals surface area contributed by atoms with Gasteiger partial charge in [0.1, 0.15) is 44.9 Å². The zero-order valence-corrected chi connectivity index (χ0v) is 25.9. The monoisotopic (exact) mass is 656 g/mol. The molecule has 0 fully saturated rings. The third-order valence-corrected chi connectivity index (χ3v) is 8.39. The van der Waals surface area contributed by atoms with E-state index in [0.717, 1.165) is 11.1 Å². The number of halogens is 4. The summed E-state index contributed by atoms with van der Waals surface area (Å²) in [5.74, 6) is 0.185. The minimum absolute atomic E-state index is 0.00367. The van der Waals surface area contributed by atoms with Crippen LogP contribution in [0.5, 0.6) is 0 Å². The Kier molecular flexibility index (Phi) is 9.90. The van der Waals surface area contributed by atoms with Gasteiger partial charge in [0.2, 0.25) is 0 Å². The van der Waals surface area contributed by atoms with Crippen molar-refractivity contribution < 1.29 is 8.42 Å². The first-order valence-electron chi connectivity index (χ1n) is 10.9. The lowest BCUT2D eigenvalue weighted by Crippen LogP contribution is -2.05. The van der Waals surface area contributed by atoms with E-state index in [-0.39, 0.29) is 32.8 Å². The lowest BCUT2D eigenvalue weighted by molar-refractivity contribution is 0.686. The van der Waals surface area contributed by atoms with Crippen LogP contribution in [0, 0.1) is 36.5 Å². The molecule has 2 atom stereocenters. The van der Waals surface area contributed by atoms with Crippen LogP contribution < -0.4 is 11.5 Å². The largest absolute Gasteiger partial charge is 0.383 e. The van der Waals surface area contributed by atoms with Crippen molar-refractivity contribution in [2.45, 2.75) is 23.6 Å². The minimum Gasteiger partial charge on any atom is -0.383 e. The summed E-state index contributed by atoms with van der Waals surface area (Å²) in [6.07, 6.45) is 2.85. The molecular formula is C24H20Cl4N8O2S2. The Balaban J connectivity index is 0.000000220. The molecule has 0 aliphatic heterocycles. The van der Waals surface area contributed by atoms with Crippen LogP contribution in [0.3, 0.4) is 0 Å². The van der Waals surface area contributed by atoms with Gasteiger partial charge in [0.25, 0.3) is 0 Å². The maximum atomic E-state index is 11.7. The first-order chi connectivity index (χ1) is 18.7. The van der Waals surface area contributed by atoms with E-state index in [1.54, 1.807) is 24.3 Å². The number of nitriles is 2. The highest BCUT2D eigenvalue weighted by molar-refractivity contribution is 7.84. The molecule has 0 amide bonds. The van der Waals surface area contributed by atoms with Crippen molar-refractivity contribution >= 4 is 79.6 Å². The SMILES string of the molecule is Cc1cc(Cl)c(-n2nc(C#N)c(S(C)=O)c2N)c(Cl)c1.Cc1cc(Cl)c(-n2nc(C#N)c(S(C)=O)c2N)c(Cl)c1. The summed E-state index contributed by atoms with van der Waals surface area (Å²) in [7, 11) is -2.88. The molecule has 0 aliphatic carbocycles. The maximum Gasteiger partial charge on any atom is 0.181 e. The van der Waals surface area contributed by atoms with Crippen LogP contribution in [0.4, 0.5) is 11.6 Å². The van der Waals surface area contributed by atoms with E-state index in [4.69, 9.17) is 68.4 Å². The predicted molar refractivity (Wildman–Crippen MR) is 160 cm³/mol. The minimum atomic E-state index is -1.44. The van der Waals surface area contributed by atoms with Gasteiger partial charge in [0.05, 0.1) is 41.7 Å². The third kappa shape index (κ3) is 6.13. The van der Waals surface area contributed by atoms with E-state index >= 15 is 0 Å². The van der Waals surface area contributed by atoms with Gasteiger partial charge < -0.3 is 11.5 Å². The second-order valence-corrected chi connectivity index (χ2v) is 12.5. The lowest BCUT2D eigenvalue weighted by atomic mass is 10.2. The second kappa shape index (κ2) is 12.6. The zero-order chi connectivity index (χ0) is 30.0. The Morgan fingerprint density at radius 2 is 0.975 bits per heavy atom. The van der Waals surface area contributed by atoms with Crippen LogP contribution in [0.15, 0.2) is 34.1 Å². The summed E-state index contributed by atoms with van der Waals surface area (Å²) in [6, 6.07) is 10.6. The van der Waals surface area contributed by atoms with E-state index in [2.05, 4.69) is 10.2 Å². The fourth-order valence-electron chi connectivity index (χ4n) is 3.68. The second-order valence-electron chi connectivity index (χ2n) is 8.24. The standard InChI is InChI=1S/2C12H10Cl2N4OS/c2*1-6-3-7(13)10(8(14)4-6)18-12(16)11(20(2)19)9(5-15)17-18/h2*3-4H,16H2,1-2H3. The fourth-order valence-corrected chi connectivity index (χ4v) is 6.67. The van der Waals surface area contributed by atoms with Crippen molar-refractivity contribution in [3.63, 3.8) is 0 Å². The molecule has 2 aromatic carbocycles. The first kappa shape index (κ1) is 31.4. The molecular weight excluding hydrogens is 638 g/mol. The molecule has 4 N–H and O–H groups in total. The number of aromatic nitrogens is 4. The Hall–Kier alpha value is -3.10. The van der Waals surface area contributed by atoms with Gasteiger partial charge in [0, 0.05) is 12.5 Å². The van der Waals surface area contributed by atoms with Crippen molar-refractivity contribution in [3.05, 3.63) is 66.9 Å². The normalized spacial score (nSPS) is 12.2. The molecule has 0 spiro atoms. The first-order valence-corrected chi connectivity index (χ1v) is 15.5. The van der Waals surface area contributed by atoms with Crippen LogP contribution in [-0.2, 0) is 21.6 Å². The maximum absolute atomic E-state index is 11.7. The topological polar surface area (TPSA) is 169 Å². The number of nitrogen functional groups attached to an aromatic ring is 2. The smallest absolute Gasteiger partial charge is 0.181 e. The number of aryl methyl sites for hydroxylation is 2. The number of anilines is 2. The van der Waals surface area contributed by atoms with Crippen LogP contribution in [0.1, 0.15) is 22.5 Å². The van der Waals surface area contributed by atoms with Crippen LogP contribution in [-0.4, -0.2) is 40.5 Å². The van der Waals surface area contributed by atoms with Gasteiger partial charge in [-0.2, -0.15) is 20.7 Å². The molecule has 0 radical (unpaired) electrons. The summed E-state index contributed by atoms with van der Waals surface area (Å²) in [5, 5.41) is 27.6. The number of rotatable bonds is 4. The van der Waals surface area contributed by atoms with E-state index in [9.17, 15) is 8.42 Å². The van der Waals surface area contributed by atoms with E-state index in [0.29, 0.717) is 31.5 Å². The molecule has 2 heterocycles. The van der Waals surface area contributed by atoms with Crippen molar-refractivity contribution in [3.8, 4) is 23.5 Å². The molecule has 4 rings (SSSR count). The van der Waals surface area contributed by atoms with Gasteiger partial charge in [-0.3, -0.25) is 8.42 Å². The van der Waals surface area contributed by atoms with E-state index in [1.807, 2.05) is 26.0 Å². The number of nitrogens with two attached hydrogens (primary N) is 2. The van der Waals surface area contributed by atoms with E-state index < -0.39 is 21.6 Å². The Labute approximate surface area is 254 Å². The molecule has 2 aromatic heterocycles. The van der Waals surface area contributed by atoms with Crippen molar-refractivity contribution in [2.24, 2.45) is 0 Å². The van der Waals surface area contributed by atoms with Gasteiger partial charge in [-0.05, 0) is 49.2 Å². The fraction of sp³-hybridized carbons (Fsp3) is 0.167. The van der Waals surface area contributed by atoms with Gasteiger partial charge in [-0.1, -0.05) is 46.4 Å². The van der Waals surface area contributed by atoms with Crippen molar-refractivity contribution in [2.75, 3.05) is 24.0 Å². The van der Waals surface area contributed by atoms with Gasteiger partial charge in [0.15, 0.2) is 11.4 Å². The summed E-state index contributed by atoms with van der Waals surface area (Å²) in [4.78, 5) is 0.361. The quantitative estimate of drug-likeness (QED) is 0.295. The lowest BCUT2D eigenvalue weighted by Gasteiger charge is -2.10. The molecule has 0 saturated carbocycles. The molecule has 0 aliphatic rings. The number of hydrogen-bond acceptors (Lipinski definition) is 8. The van der Waals surface area contributed by atoms with Gasteiger partial charge >= 0.3 is 0 Å². The molecule has 208 valence electrons. The molecule has 40 heavy (non-hydrogen) atoms. The zero-order valence-electron chi connectivity index (χ0n) is 21.3. The summed E-state index contributed by atoms with van der Waals surface area (Å²) < 4.78 is 25.8. The van der Waals surface area contributed by atoms with Crippen LogP contribution in [0.25, 0.3) is 11.4 Å². The Morgan fingerprint density at radius 3 is 1.18 bits per heavy atom. The number of nitrogens with zero attached hydrogens (tertiary/aromatic N) is 6. The highest BCUT2D eigenvalue weighted by Crippen LogP contribution is 2.35. The van der Waals surface area contributed by atoms with E-state index in [1.165, 1.54) is 21.9 Å². The summed E-state index contributed by atoms with van der Waals surface area (Å²) in [6.45, 7) is 3.70. The highest BCUT2D eigenvalue weighted by Gasteiger charge is 2.23. The van der Waals surface area contributed by atoms with Crippen molar-refractivity contribution in [1.82, 2.24) is 19.6 Å². The highest BCUT2D eigenvalue weighted by atomic mass is 35.5. The molecule has 4 aromatic rings. The summed E-state index contributed by atoms with van der Waals surface area (Å²) in [5.41, 5.74) is 14.3. The Bertz CT molecular complexity index is 1610. The number of benzene rings is 2. The predicted octanol–water partition coefficient (Wildman–Crippen LogP) is 5.36. The molecule has 16 heteroatoms. The molecule has 2 unspecified atom stereocenters. The van der Waals surface area contributed by atoms with Gasteiger partial charge in [-0.15, -0.1) is 0 Å².